The monoisotopic (exact) mass is 282 g/mol. The fourth-order valence-corrected chi connectivity index (χ4v) is 4.14. The standard InChI is InChI=1S/C10H19ClN2O3S/c1-12(8-9-6-10(11)7-9)17(14,15)13-2-4-16-5-3-13/h9-10H,2-8H2,1H3. The van der Waals surface area contributed by atoms with Crippen LogP contribution in [0.4, 0.5) is 0 Å². The topological polar surface area (TPSA) is 49.9 Å². The predicted octanol–water partition coefficient (Wildman–Crippen LogP) is 0.513. The van der Waals surface area contributed by atoms with Gasteiger partial charge in [-0.3, -0.25) is 0 Å². The van der Waals surface area contributed by atoms with E-state index in [1.807, 2.05) is 0 Å². The summed E-state index contributed by atoms with van der Waals surface area (Å²) in [4.78, 5) is 0. The number of ether oxygens (including phenoxy) is 1. The van der Waals surface area contributed by atoms with Crippen molar-refractivity contribution < 1.29 is 13.2 Å². The molecule has 0 atom stereocenters. The van der Waals surface area contributed by atoms with Crippen LogP contribution in [-0.4, -0.2) is 62.3 Å². The largest absolute Gasteiger partial charge is 0.379 e. The lowest BCUT2D eigenvalue weighted by Crippen LogP contribution is -2.49. The van der Waals surface area contributed by atoms with Crippen LogP contribution < -0.4 is 0 Å². The highest BCUT2D eigenvalue weighted by molar-refractivity contribution is 7.86. The molecular formula is C10H19ClN2O3S. The normalized spacial score (nSPS) is 31.5. The Labute approximate surface area is 108 Å². The molecule has 2 fully saturated rings. The molecule has 0 unspecified atom stereocenters. The van der Waals surface area contributed by atoms with E-state index in [1.54, 1.807) is 7.05 Å². The molecule has 2 rings (SSSR count). The van der Waals surface area contributed by atoms with Crippen LogP contribution in [0, 0.1) is 5.92 Å². The van der Waals surface area contributed by atoms with Gasteiger partial charge < -0.3 is 4.74 Å². The highest BCUT2D eigenvalue weighted by Gasteiger charge is 2.34. The summed E-state index contributed by atoms with van der Waals surface area (Å²) in [5.41, 5.74) is 0. The van der Waals surface area contributed by atoms with Crippen LogP contribution in [0.2, 0.25) is 0 Å². The lowest BCUT2D eigenvalue weighted by atomic mass is 9.85. The minimum atomic E-state index is -3.31. The van der Waals surface area contributed by atoms with Crippen LogP contribution >= 0.6 is 11.6 Å². The molecule has 0 spiro atoms. The molecule has 0 aromatic rings. The van der Waals surface area contributed by atoms with E-state index in [1.165, 1.54) is 8.61 Å². The molecule has 5 nitrogen and oxygen atoms in total. The van der Waals surface area contributed by atoms with Gasteiger partial charge in [0.15, 0.2) is 0 Å². The van der Waals surface area contributed by atoms with Gasteiger partial charge in [-0.15, -0.1) is 11.6 Å². The van der Waals surface area contributed by atoms with Crippen LogP contribution in [-0.2, 0) is 14.9 Å². The maximum absolute atomic E-state index is 12.2. The van der Waals surface area contributed by atoms with Crippen LogP contribution in [0.3, 0.4) is 0 Å². The first-order valence-corrected chi connectivity index (χ1v) is 7.76. The fraction of sp³-hybridized carbons (Fsp3) is 1.00. The Bertz CT molecular complexity index is 351. The predicted molar refractivity (Wildman–Crippen MR) is 66.3 cm³/mol. The number of nitrogens with zero attached hydrogens (tertiary/aromatic N) is 2. The molecule has 0 bridgehead atoms. The molecule has 7 heteroatoms. The van der Waals surface area contributed by atoms with Gasteiger partial charge in [-0.25, -0.2) is 0 Å². The van der Waals surface area contributed by atoms with Gasteiger partial charge in [0.2, 0.25) is 0 Å². The Balaban J connectivity index is 1.89. The lowest BCUT2D eigenvalue weighted by molar-refractivity contribution is 0.0700. The van der Waals surface area contributed by atoms with Crippen LogP contribution in [0.1, 0.15) is 12.8 Å². The SMILES string of the molecule is CN(CC1CC(Cl)C1)S(=O)(=O)N1CCOCC1. The summed E-state index contributed by atoms with van der Waals surface area (Å²) in [5.74, 6) is 0.415. The average Bonchev–Trinajstić information content (AvgIpc) is 2.28. The molecule has 17 heavy (non-hydrogen) atoms. The van der Waals surface area contributed by atoms with E-state index >= 15 is 0 Å². The Morgan fingerprint density at radius 1 is 1.35 bits per heavy atom. The van der Waals surface area contributed by atoms with Crippen molar-refractivity contribution in [2.45, 2.75) is 18.2 Å². The summed E-state index contributed by atoms with van der Waals surface area (Å²) >= 11 is 5.90. The number of rotatable bonds is 4. The molecule has 0 amide bonds. The van der Waals surface area contributed by atoms with Gasteiger partial charge in [0.05, 0.1) is 13.2 Å². The van der Waals surface area contributed by atoms with Crippen molar-refractivity contribution in [1.82, 2.24) is 8.61 Å². The molecule has 1 heterocycles. The molecular weight excluding hydrogens is 264 g/mol. The van der Waals surface area contributed by atoms with Crippen LogP contribution in [0.5, 0.6) is 0 Å². The number of hydrogen-bond donors (Lipinski definition) is 0. The van der Waals surface area contributed by atoms with Crippen LogP contribution in [0.15, 0.2) is 0 Å². The average molecular weight is 283 g/mol. The molecule has 1 aliphatic heterocycles. The zero-order chi connectivity index (χ0) is 12.5. The van der Waals surface area contributed by atoms with E-state index in [9.17, 15) is 8.42 Å². The van der Waals surface area contributed by atoms with Crippen molar-refractivity contribution in [3.63, 3.8) is 0 Å². The van der Waals surface area contributed by atoms with Crippen molar-refractivity contribution >= 4 is 21.8 Å². The van der Waals surface area contributed by atoms with Crippen molar-refractivity contribution in [3.8, 4) is 0 Å². The Morgan fingerprint density at radius 2 is 1.94 bits per heavy atom. The van der Waals surface area contributed by atoms with Crippen molar-refractivity contribution in [2.75, 3.05) is 39.9 Å². The van der Waals surface area contributed by atoms with Crippen LogP contribution in [0.25, 0.3) is 0 Å². The van der Waals surface area contributed by atoms with Gasteiger partial charge in [-0.2, -0.15) is 17.0 Å². The molecule has 1 saturated carbocycles. The number of alkyl halides is 1. The smallest absolute Gasteiger partial charge is 0.281 e. The number of morpholine rings is 1. The van der Waals surface area contributed by atoms with E-state index in [-0.39, 0.29) is 5.38 Å². The quantitative estimate of drug-likeness (QED) is 0.706. The highest BCUT2D eigenvalue weighted by Crippen LogP contribution is 2.32. The molecule has 0 radical (unpaired) electrons. The van der Waals surface area contributed by atoms with Gasteiger partial charge in [-0.1, -0.05) is 0 Å². The third-order valence-electron chi connectivity index (χ3n) is 3.38. The second-order valence-electron chi connectivity index (χ2n) is 4.73. The van der Waals surface area contributed by atoms with Crippen molar-refractivity contribution in [1.29, 1.82) is 0 Å². The molecule has 2 aliphatic rings. The third kappa shape index (κ3) is 3.12. The summed E-state index contributed by atoms with van der Waals surface area (Å²) in [7, 11) is -1.66. The zero-order valence-corrected chi connectivity index (χ0v) is 11.6. The van der Waals surface area contributed by atoms with E-state index in [2.05, 4.69) is 0 Å². The Morgan fingerprint density at radius 3 is 2.47 bits per heavy atom. The molecule has 1 aliphatic carbocycles. The second kappa shape index (κ2) is 5.40. The summed E-state index contributed by atoms with van der Waals surface area (Å²) in [6.07, 6.45) is 1.84. The summed E-state index contributed by atoms with van der Waals surface area (Å²) < 4.78 is 32.5. The first-order chi connectivity index (χ1) is 8.00. The molecule has 100 valence electrons. The maximum atomic E-state index is 12.2. The Kier molecular flexibility index (Phi) is 4.31. The lowest BCUT2D eigenvalue weighted by Gasteiger charge is -2.36. The number of hydrogen-bond acceptors (Lipinski definition) is 3. The van der Waals surface area contributed by atoms with Gasteiger partial charge in [0.1, 0.15) is 0 Å². The van der Waals surface area contributed by atoms with Crippen molar-refractivity contribution in [2.24, 2.45) is 5.92 Å². The molecule has 0 aromatic heterocycles. The molecule has 0 aromatic carbocycles. The first-order valence-electron chi connectivity index (χ1n) is 5.93. The zero-order valence-electron chi connectivity index (χ0n) is 10.0. The maximum Gasteiger partial charge on any atom is 0.281 e. The summed E-state index contributed by atoms with van der Waals surface area (Å²) in [5, 5.41) is 0.236. The summed E-state index contributed by atoms with van der Waals surface area (Å²) in [6.45, 7) is 2.45. The van der Waals surface area contributed by atoms with Gasteiger partial charge >= 0.3 is 0 Å². The van der Waals surface area contributed by atoms with E-state index in [0.29, 0.717) is 38.8 Å². The van der Waals surface area contributed by atoms with E-state index in [4.69, 9.17) is 16.3 Å². The minimum Gasteiger partial charge on any atom is -0.379 e. The van der Waals surface area contributed by atoms with Gasteiger partial charge in [-0.05, 0) is 18.8 Å². The summed E-state index contributed by atoms with van der Waals surface area (Å²) in [6, 6.07) is 0. The van der Waals surface area contributed by atoms with E-state index < -0.39 is 10.2 Å². The first kappa shape index (κ1) is 13.5. The minimum absolute atomic E-state index is 0.236. The number of halogens is 1. The van der Waals surface area contributed by atoms with Gasteiger partial charge in [0, 0.05) is 32.1 Å². The third-order valence-corrected chi connectivity index (χ3v) is 5.69. The van der Waals surface area contributed by atoms with E-state index in [0.717, 1.165) is 12.8 Å². The van der Waals surface area contributed by atoms with Crippen molar-refractivity contribution in [3.05, 3.63) is 0 Å². The molecule has 0 N–H and O–H groups in total. The fourth-order valence-electron chi connectivity index (χ4n) is 2.24. The molecule has 1 saturated heterocycles. The second-order valence-corrected chi connectivity index (χ2v) is 7.39. The highest BCUT2D eigenvalue weighted by atomic mass is 35.5. The Hall–Kier alpha value is 0.120. The van der Waals surface area contributed by atoms with Gasteiger partial charge in [0.25, 0.3) is 10.2 Å².